The van der Waals surface area contributed by atoms with Crippen molar-refractivity contribution in [1.29, 1.82) is 0 Å². The molecule has 4 heteroatoms. The van der Waals surface area contributed by atoms with Crippen molar-refractivity contribution in [2.45, 2.75) is 25.7 Å². The summed E-state index contributed by atoms with van der Waals surface area (Å²) < 4.78 is 0. The number of amides is 1. The first kappa shape index (κ1) is 10.5. The molecule has 0 aliphatic carbocycles. The lowest BCUT2D eigenvalue weighted by molar-refractivity contribution is -0.134. The Morgan fingerprint density at radius 2 is 2.15 bits per heavy atom. The van der Waals surface area contributed by atoms with Crippen LogP contribution in [0.2, 0.25) is 0 Å². The van der Waals surface area contributed by atoms with Crippen LogP contribution in [0, 0.1) is 5.92 Å². The van der Waals surface area contributed by atoms with Crippen LogP contribution < -0.4 is 5.32 Å². The van der Waals surface area contributed by atoms with Gasteiger partial charge in [0.1, 0.15) is 0 Å². The van der Waals surface area contributed by atoms with Crippen molar-refractivity contribution in [2.75, 3.05) is 12.4 Å². The lowest BCUT2D eigenvalue weighted by Crippen LogP contribution is -2.41. The molecule has 1 saturated heterocycles. The summed E-state index contributed by atoms with van der Waals surface area (Å²) >= 11 is 5.52. The molecule has 74 valence electrons. The second-order valence-corrected chi connectivity index (χ2v) is 3.72. The summed E-state index contributed by atoms with van der Waals surface area (Å²) in [6.07, 6.45) is 3.03. The molecule has 1 aliphatic heterocycles. The van der Waals surface area contributed by atoms with Gasteiger partial charge in [0.25, 0.3) is 0 Å². The molecule has 0 bridgehead atoms. The van der Waals surface area contributed by atoms with E-state index in [2.05, 4.69) is 5.32 Å². The minimum absolute atomic E-state index is 0.0224. The Labute approximate surface area is 82.8 Å². The first-order chi connectivity index (χ1) is 6.24. The number of hydrogen-bond acceptors (Lipinski definition) is 2. The molecule has 1 N–H and O–H groups in total. The van der Waals surface area contributed by atoms with Gasteiger partial charge in [0.15, 0.2) is 5.78 Å². The number of rotatable bonds is 4. The molecular formula is C9H14ClNO2. The fraction of sp³-hybridized carbons (Fsp3) is 0.778. The highest BCUT2D eigenvalue weighted by Crippen LogP contribution is 2.16. The largest absolute Gasteiger partial charge is 0.349 e. The van der Waals surface area contributed by atoms with Gasteiger partial charge in [0, 0.05) is 18.2 Å². The standard InChI is InChI=1S/C9H14ClNO2/c10-4-2-1-3-7-5-8(12)6-11-9(7)13/h7H,1-6H2,(H,11,13). The number of carbonyl (C=O) groups is 2. The molecule has 1 rings (SSSR count). The highest BCUT2D eigenvalue weighted by atomic mass is 35.5. The van der Waals surface area contributed by atoms with Crippen LogP contribution in [0.25, 0.3) is 0 Å². The Morgan fingerprint density at radius 1 is 1.38 bits per heavy atom. The average Bonchev–Trinajstić information content (AvgIpc) is 2.11. The molecule has 0 spiro atoms. The quantitative estimate of drug-likeness (QED) is 0.550. The van der Waals surface area contributed by atoms with Crippen LogP contribution in [0.4, 0.5) is 0 Å². The number of piperidine rings is 1. The van der Waals surface area contributed by atoms with Crippen molar-refractivity contribution in [1.82, 2.24) is 5.32 Å². The van der Waals surface area contributed by atoms with Gasteiger partial charge in [0.2, 0.25) is 5.91 Å². The van der Waals surface area contributed by atoms with Crippen LogP contribution in [-0.4, -0.2) is 24.1 Å². The normalized spacial score (nSPS) is 23.0. The lowest BCUT2D eigenvalue weighted by atomic mass is 9.92. The van der Waals surface area contributed by atoms with E-state index < -0.39 is 0 Å². The first-order valence-electron chi connectivity index (χ1n) is 4.59. The summed E-state index contributed by atoms with van der Waals surface area (Å²) in [4.78, 5) is 22.2. The van der Waals surface area contributed by atoms with Gasteiger partial charge >= 0.3 is 0 Å². The third-order valence-corrected chi connectivity index (χ3v) is 2.51. The van der Waals surface area contributed by atoms with E-state index >= 15 is 0 Å². The number of halogens is 1. The smallest absolute Gasteiger partial charge is 0.223 e. The van der Waals surface area contributed by atoms with E-state index in [1.54, 1.807) is 0 Å². The summed E-state index contributed by atoms with van der Waals surface area (Å²) in [5.74, 6) is 0.677. The predicted octanol–water partition coefficient (Wildman–Crippen LogP) is 1.10. The third-order valence-electron chi connectivity index (χ3n) is 2.24. The molecule has 0 aromatic heterocycles. The van der Waals surface area contributed by atoms with Gasteiger partial charge in [-0.05, 0) is 12.8 Å². The van der Waals surface area contributed by atoms with Crippen molar-refractivity contribution in [3.05, 3.63) is 0 Å². The third kappa shape index (κ3) is 3.35. The minimum Gasteiger partial charge on any atom is -0.349 e. The van der Waals surface area contributed by atoms with Gasteiger partial charge in [-0.15, -0.1) is 11.6 Å². The molecule has 0 saturated carbocycles. The van der Waals surface area contributed by atoms with Gasteiger partial charge in [-0.2, -0.15) is 0 Å². The first-order valence-corrected chi connectivity index (χ1v) is 5.13. The van der Waals surface area contributed by atoms with Crippen LogP contribution >= 0.6 is 11.6 Å². The monoisotopic (exact) mass is 203 g/mol. The maximum atomic E-state index is 11.2. The SMILES string of the molecule is O=C1CNC(=O)C(CCCCCl)C1. The minimum atomic E-state index is -0.107. The van der Waals surface area contributed by atoms with Crippen molar-refractivity contribution in [3.8, 4) is 0 Å². The van der Waals surface area contributed by atoms with E-state index in [9.17, 15) is 9.59 Å². The Kier molecular flexibility index (Phi) is 4.22. The second-order valence-electron chi connectivity index (χ2n) is 3.34. The highest BCUT2D eigenvalue weighted by Gasteiger charge is 2.25. The Bertz CT molecular complexity index is 206. The number of hydrogen-bond donors (Lipinski definition) is 1. The summed E-state index contributed by atoms with van der Waals surface area (Å²) in [7, 11) is 0. The van der Waals surface area contributed by atoms with Gasteiger partial charge in [-0.25, -0.2) is 0 Å². The molecule has 1 amide bonds. The Morgan fingerprint density at radius 3 is 2.85 bits per heavy atom. The van der Waals surface area contributed by atoms with E-state index in [1.807, 2.05) is 0 Å². The fourth-order valence-electron chi connectivity index (χ4n) is 1.49. The van der Waals surface area contributed by atoms with Crippen molar-refractivity contribution in [3.63, 3.8) is 0 Å². The van der Waals surface area contributed by atoms with Crippen LogP contribution in [-0.2, 0) is 9.59 Å². The summed E-state index contributed by atoms with van der Waals surface area (Å²) in [6.45, 7) is 0.213. The average molecular weight is 204 g/mol. The molecule has 1 unspecified atom stereocenters. The van der Waals surface area contributed by atoms with Crippen molar-refractivity contribution in [2.24, 2.45) is 5.92 Å². The number of carbonyl (C=O) groups excluding carboxylic acids is 2. The van der Waals surface area contributed by atoms with Gasteiger partial charge in [-0.3, -0.25) is 9.59 Å². The maximum absolute atomic E-state index is 11.2. The van der Waals surface area contributed by atoms with Crippen molar-refractivity contribution < 1.29 is 9.59 Å². The van der Waals surface area contributed by atoms with Gasteiger partial charge in [0.05, 0.1) is 6.54 Å². The maximum Gasteiger partial charge on any atom is 0.223 e. The van der Waals surface area contributed by atoms with E-state index in [4.69, 9.17) is 11.6 Å². The number of alkyl halides is 1. The zero-order valence-electron chi connectivity index (χ0n) is 7.51. The van der Waals surface area contributed by atoms with Crippen LogP contribution in [0.1, 0.15) is 25.7 Å². The number of unbranched alkanes of at least 4 members (excludes halogenated alkanes) is 1. The second kappa shape index (κ2) is 5.22. The molecule has 1 heterocycles. The Balaban J connectivity index is 2.29. The topological polar surface area (TPSA) is 46.2 Å². The van der Waals surface area contributed by atoms with Gasteiger partial charge in [-0.1, -0.05) is 6.42 Å². The highest BCUT2D eigenvalue weighted by molar-refractivity contribution is 6.17. The van der Waals surface area contributed by atoms with Crippen LogP contribution in [0.5, 0.6) is 0 Å². The van der Waals surface area contributed by atoms with Crippen LogP contribution in [0.3, 0.4) is 0 Å². The Hall–Kier alpha value is -0.570. The van der Waals surface area contributed by atoms with Gasteiger partial charge < -0.3 is 5.32 Å². The molecular weight excluding hydrogens is 190 g/mol. The fourth-order valence-corrected chi connectivity index (χ4v) is 1.68. The van der Waals surface area contributed by atoms with Crippen molar-refractivity contribution >= 4 is 23.3 Å². The number of nitrogens with one attached hydrogen (secondary N) is 1. The molecule has 0 radical (unpaired) electrons. The molecule has 1 aliphatic rings. The molecule has 0 aromatic rings. The van der Waals surface area contributed by atoms with E-state index in [0.29, 0.717) is 12.3 Å². The van der Waals surface area contributed by atoms with Crippen LogP contribution in [0.15, 0.2) is 0 Å². The summed E-state index contributed by atoms with van der Waals surface area (Å²) in [6, 6.07) is 0. The zero-order chi connectivity index (χ0) is 9.68. The zero-order valence-corrected chi connectivity index (χ0v) is 8.27. The predicted molar refractivity (Wildman–Crippen MR) is 50.7 cm³/mol. The number of Topliss-reactive ketones (excluding diaryl/α,β-unsaturated/α-hetero) is 1. The molecule has 3 nitrogen and oxygen atoms in total. The van der Waals surface area contributed by atoms with E-state index in [0.717, 1.165) is 19.3 Å². The summed E-state index contributed by atoms with van der Waals surface area (Å²) in [5, 5.41) is 2.59. The number of ketones is 1. The molecule has 0 aromatic carbocycles. The molecule has 1 atom stereocenters. The lowest BCUT2D eigenvalue weighted by Gasteiger charge is -2.20. The summed E-state index contributed by atoms with van der Waals surface area (Å²) in [5.41, 5.74) is 0. The van der Waals surface area contributed by atoms with E-state index in [-0.39, 0.29) is 24.2 Å². The van der Waals surface area contributed by atoms with E-state index in [1.165, 1.54) is 0 Å². The molecule has 1 fully saturated rings. The molecule has 13 heavy (non-hydrogen) atoms.